The standard InChI is InChI=1S/C19H19N3O2S/c1-14-5-3-7-16(11-14)21-17-9-10-19(20-13-17)22-25(23,24)18-8-4-6-15(2)12-18/h3-13,21H,1-2H3,(H,20,22). The van der Waals surface area contributed by atoms with Crippen LogP contribution in [0.25, 0.3) is 0 Å². The van der Waals surface area contributed by atoms with Crippen molar-refractivity contribution in [2.24, 2.45) is 0 Å². The van der Waals surface area contributed by atoms with Crippen LogP contribution in [0.5, 0.6) is 0 Å². The minimum atomic E-state index is -3.65. The minimum absolute atomic E-state index is 0.219. The molecule has 0 amide bonds. The van der Waals surface area contributed by atoms with Gasteiger partial charge in [0.2, 0.25) is 0 Å². The molecule has 0 atom stereocenters. The summed E-state index contributed by atoms with van der Waals surface area (Å²) in [5.74, 6) is 0.274. The molecule has 1 heterocycles. The molecule has 128 valence electrons. The Morgan fingerprint density at radius 1 is 0.840 bits per heavy atom. The van der Waals surface area contributed by atoms with Crippen LogP contribution in [0, 0.1) is 13.8 Å². The second-order valence-corrected chi connectivity index (χ2v) is 7.53. The molecule has 5 nitrogen and oxygen atoms in total. The van der Waals surface area contributed by atoms with Crippen molar-refractivity contribution in [2.75, 3.05) is 10.0 Å². The van der Waals surface area contributed by atoms with Gasteiger partial charge >= 0.3 is 0 Å². The van der Waals surface area contributed by atoms with Crippen molar-refractivity contribution in [3.05, 3.63) is 78.0 Å². The number of hydrogen-bond donors (Lipinski definition) is 2. The third-order valence-corrected chi connectivity index (χ3v) is 4.96. The average Bonchev–Trinajstić information content (AvgIpc) is 2.56. The Hall–Kier alpha value is -2.86. The fourth-order valence-electron chi connectivity index (χ4n) is 2.40. The number of aromatic nitrogens is 1. The Morgan fingerprint density at radius 2 is 1.56 bits per heavy atom. The molecule has 3 rings (SSSR count). The largest absolute Gasteiger partial charge is 0.354 e. The Labute approximate surface area is 147 Å². The summed E-state index contributed by atoms with van der Waals surface area (Å²) in [5, 5.41) is 3.23. The summed E-state index contributed by atoms with van der Waals surface area (Å²) in [5.41, 5.74) is 3.77. The van der Waals surface area contributed by atoms with Crippen molar-refractivity contribution >= 4 is 27.2 Å². The average molecular weight is 353 g/mol. The summed E-state index contributed by atoms with van der Waals surface area (Å²) in [7, 11) is -3.65. The van der Waals surface area contributed by atoms with Crippen molar-refractivity contribution in [3.8, 4) is 0 Å². The lowest BCUT2D eigenvalue weighted by atomic mass is 10.2. The normalized spacial score (nSPS) is 11.1. The zero-order valence-corrected chi connectivity index (χ0v) is 14.8. The van der Waals surface area contributed by atoms with E-state index in [0.29, 0.717) is 0 Å². The number of rotatable bonds is 5. The van der Waals surface area contributed by atoms with Crippen LogP contribution < -0.4 is 10.0 Å². The van der Waals surface area contributed by atoms with Crippen molar-refractivity contribution in [2.45, 2.75) is 18.7 Å². The van der Waals surface area contributed by atoms with Crippen molar-refractivity contribution in [1.29, 1.82) is 0 Å². The quantitative estimate of drug-likeness (QED) is 0.719. The van der Waals surface area contributed by atoms with E-state index in [9.17, 15) is 8.42 Å². The first kappa shape index (κ1) is 17.0. The van der Waals surface area contributed by atoms with Gasteiger partial charge < -0.3 is 5.32 Å². The lowest BCUT2D eigenvalue weighted by Gasteiger charge is -2.10. The van der Waals surface area contributed by atoms with Crippen LogP contribution in [0.1, 0.15) is 11.1 Å². The molecule has 1 aromatic heterocycles. The van der Waals surface area contributed by atoms with Crippen LogP contribution in [-0.2, 0) is 10.0 Å². The summed E-state index contributed by atoms with van der Waals surface area (Å²) >= 11 is 0. The maximum absolute atomic E-state index is 12.4. The molecular weight excluding hydrogens is 334 g/mol. The Bertz CT molecular complexity index is 984. The first-order valence-electron chi connectivity index (χ1n) is 7.82. The third kappa shape index (κ3) is 4.36. The molecule has 0 saturated carbocycles. The van der Waals surface area contributed by atoms with E-state index in [4.69, 9.17) is 0 Å². The second-order valence-electron chi connectivity index (χ2n) is 5.85. The number of nitrogens with zero attached hydrogens (tertiary/aromatic N) is 1. The molecule has 0 spiro atoms. The number of benzene rings is 2. The van der Waals surface area contributed by atoms with Crippen LogP contribution in [0.4, 0.5) is 17.2 Å². The second kappa shape index (κ2) is 6.94. The predicted molar refractivity (Wildman–Crippen MR) is 101 cm³/mol. The number of aryl methyl sites for hydroxylation is 2. The monoisotopic (exact) mass is 353 g/mol. The maximum atomic E-state index is 12.4. The summed E-state index contributed by atoms with van der Waals surface area (Å²) in [4.78, 5) is 4.40. The van der Waals surface area contributed by atoms with Crippen LogP contribution in [-0.4, -0.2) is 13.4 Å². The molecule has 0 saturated heterocycles. The number of nitrogens with one attached hydrogen (secondary N) is 2. The predicted octanol–water partition coefficient (Wildman–Crippen LogP) is 4.24. The molecule has 0 aliphatic carbocycles. The molecule has 2 aromatic carbocycles. The van der Waals surface area contributed by atoms with Crippen LogP contribution in [0.3, 0.4) is 0 Å². The number of pyridine rings is 1. The molecular formula is C19H19N3O2S. The fourth-order valence-corrected chi connectivity index (χ4v) is 3.51. The van der Waals surface area contributed by atoms with E-state index >= 15 is 0 Å². The molecule has 3 aromatic rings. The summed E-state index contributed by atoms with van der Waals surface area (Å²) in [6.07, 6.45) is 1.59. The van der Waals surface area contributed by atoms with Crippen LogP contribution >= 0.6 is 0 Å². The van der Waals surface area contributed by atoms with E-state index in [1.807, 2.05) is 44.2 Å². The van der Waals surface area contributed by atoms with Gasteiger partial charge in [-0.1, -0.05) is 24.3 Å². The minimum Gasteiger partial charge on any atom is -0.354 e. The molecule has 6 heteroatoms. The van der Waals surface area contributed by atoms with Crippen molar-refractivity contribution < 1.29 is 8.42 Å². The van der Waals surface area contributed by atoms with Gasteiger partial charge in [-0.05, 0) is 61.4 Å². The zero-order chi connectivity index (χ0) is 17.9. The summed E-state index contributed by atoms with van der Waals surface area (Å²) in [6.45, 7) is 3.87. The van der Waals surface area contributed by atoms with E-state index in [1.165, 1.54) is 0 Å². The first-order valence-corrected chi connectivity index (χ1v) is 9.30. The highest BCUT2D eigenvalue weighted by atomic mass is 32.2. The van der Waals surface area contributed by atoms with Crippen molar-refractivity contribution in [1.82, 2.24) is 4.98 Å². The first-order chi connectivity index (χ1) is 11.9. The van der Waals surface area contributed by atoms with Crippen LogP contribution in [0.15, 0.2) is 71.8 Å². The van der Waals surface area contributed by atoms with Gasteiger partial charge in [0.15, 0.2) is 0 Å². The van der Waals surface area contributed by atoms with Gasteiger partial charge in [-0.2, -0.15) is 0 Å². The molecule has 0 aliphatic heterocycles. The lowest BCUT2D eigenvalue weighted by Crippen LogP contribution is -2.14. The molecule has 0 bridgehead atoms. The van der Waals surface area contributed by atoms with E-state index < -0.39 is 10.0 Å². The van der Waals surface area contributed by atoms with Gasteiger partial charge in [0.1, 0.15) is 5.82 Å². The van der Waals surface area contributed by atoms with E-state index in [0.717, 1.165) is 22.5 Å². The van der Waals surface area contributed by atoms with Gasteiger partial charge in [-0.15, -0.1) is 0 Å². The van der Waals surface area contributed by atoms with Gasteiger partial charge in [-0.3, -0.25) is 4.72 Å². The molecule has 0 fully saturated rings. The summed E-state index contributed by atoms with van der Waals surface area (Å²) in [6, 6.07) is 18.1. The Balaban J connectivity index is 1.74. The number of sulfonamides is 1. The van der Waals surface area contributed by atoms with Gasteiger partial charge in [0.25, 0.3) is 10.0 Å². The molecule has 25 heavy (non-hydrogen) atoms. The maximum Gasteiger partial charge on any atom is 0.263 e. The highest BCUT2D eigenvalue weighted by Gasteiger charge is 2.14. The topological polar surface area (TPSA) is 71.1 Å². The van der Waals surface area contributed by atoms with Crippen molar-refractivity contribution in [3.63, 3.8) is 0 Å². The highest BCUT2D eigenvalue weighted by molar-refractivity contribution is 7.92. The number of anilines is 3. The van der Waals surface area contributed by atoms with E-state index in [1.54, 1.807) is 36.5 Å². The number of hydrogen-bond acceptors (Lipinski definition) is 4. The summed E-state index contributed by atoms with van der Waals surface area (Å²) < 4.78 is 27.3. The van der Waals surface area contributed by atoms with Crippen LogP contribution in [0.2, 0.25) is 0 Å². The molecule has 0 aliphatic rings. The molecule has 0 unspecified atom stereocenters. The third-order valence-electron chi connectivity index (χ3n) is 3.61. The zero-order valence-electron chi connectivity index (χ0n) is 14.0. The van der Waals surface area contributed by atoms with Gasteiger partial charge in [-0.25, -0.2) is 13.4 Å². The van der Waals surface area contributed by atoms with E-state index in [2.05, 4.69) is 15.0 Å². The van der Waals surface area contributed by atoms with Gasteiger partial charge in [0, 0.05) is 5.69 Å². The fraction of sp³-hybridized carbons (Fsp3) is 0.105. The Kier molecular flexibility index (Phi) is 4.72. The van der Waals surface area contributed by atoms with Gasteiger partial charge in [0.05, 0.1) is 16.8 Å². The highest BCUT2D eigenvalue weighted by Crippen LogP contribution is 2.20. The molecule has 0 radical (unpaired) electrons. The van der Waals surface area contributed by atoms with E-state index in [-0.39, 0.29) is 10.7 Å². The Morgan fingerprint density at radius 3 is 2.20 bits per heavy atom. The SMILES string of the molecule is Cc1cccc(Nc2ccc(NS(=O)(=O)c3cccc(C)c3)nc2)c1. The lowest BCUT2D eigenvalue weighted by molar-refractivity contribution is 0.601. The molecule has 2 N–H and O–H groups in total. The smallest absolute Gasteiger partial charge is 0.263 e.